The molecular formula is C29H51N4OS+. The Balaban J connectivity index is 1.80. The highest BCUT2D eigenvalue weighted by Crippen LogP contribution is 2.37. The molecule has 0 aliphatic carbocycles. The number of hydrogen-bond acceptors (Lipinski definition) is 5. The topological polar surface area (TPSA) is 63.3 Å². The van der Waals surface area contributed by atoms with E-state index in [0.29, 0.717) is 23.6 Å². The lowest BCUT2D eigenvalue weighted by Gasteiger charge is -2.23. The Morgan fingerprint density at radius 2 is 1.66 bits per heavy atom. The number of rotatable bonds is 18. The first kappa shape index (κ1) is 29.5. The molecule has 1 aromatic heterocycles. The van der Waals surface area contributed by atoms with Gasteiger partial charge >= 0.3 is 0 Å². The van der Waals surface area contributed by atoms with E-state index in [1.807, 2.05) is 12.1 Å². The van der Waals surface area contributed by atoms with Gasteiger partial charge in [0.15, 0.2) is 16.6 Å². The number of ether oxygens (including phenoxy) is 1. The molecule has 0 bridgehead atoms. The van der Waals surface area contributed by atoms with Gasteiger partial charge in [-0.25, -0.2) is 4.98 Å². The first-order valence-corrected chi connectivity index (χ1v) is 14.7. The standard InChI is InChI=1S/C29H50N4OS/c1-7-8-9-10-11-12-13-14-15-16-18-33(6)28-31-25-20-26(24(32-30)21-27(25)35-28)34-19-17-23(2)22-29(3,4)5/h20-21,23,30H,7-19,22H2,1-6H3/p+1. The van der Waals surface area contributed by atoms with Crippen LogP contribution >= 0.6 is 11.3 Å². The third-order valence-electron chi connectivity index (χ3n) is 6.60. The number of benzene rings is 1. The lowest BCUT2D eigenvalue weighted by Crippen LogP contribution is -2.22. The quantitative estimate of drug-likeness (QED) is 0.164. The fourth-order valence-corrected chi connectivity index (χ4v) is 5.73. The summed E-state index contributed by atoms with van der Waals surface area (Å²) < 4.78 is 7.21. The van der Waals surface area contributed by atoms with Crippen molar-refractivity contribution >= 4 is 32.4 Å². The summed E-state index contributed by atoms with van der Waals surface area (Å²) in [6.45, 7) is 13.1. The van der Waals surface area contributed by atoms with E-state index in [0.717, 1.165) is 34.1 Å². The number of aromatic nitrogens is 1. The monoisotopic (exact) mass is 503 g/mol. The number of hydrogen-bond donors (Lipinski definition) is 1. The Kier molecular flexibility index (Phi) is 13.0. The minimum Gasteiger partial charge on any atom is -0.491 e. The second kappa shape index (κ2) is 15.4. The molecule has 0 aliphatic heterocycles. The Labute approximate surface area is 218 Å². The average molecular weight is 504 g/mol. The molecule has 2 N–H and O–H groups in total. The first-order chi connectivity index (χ1) is 16.7. The Morgan fingerprint density at radius 1 is 1.03 bits per heavy atom. The van der Waals surface area contributed by atoms with Gasteiger partial charge in [-0.15, -0.1) is 0 Å². The molecule has 6 heteroatoms. The highest BCUT2D eigenvalue weighted by atomic mass is 32.1. The van der Waals surface area contributed by atoms with Crippen molar-refractivity contribution in [3.63, 3.8) is 0 Å². The normalized spacial score (nSPS) is 12.7. The summed E-state index contributed by atoms with van der Waals surface area (Å²) in [6.07, 6.45) is 15.8. The van der Waals surface area contributed by atoms with Crippen LogP contribution in [0, 0.1) is 11.3 Å². The third kappa shape index (κ3) is 11.3. The number of nitrogens with two attached hydrogens (primary N) is 1. The Morgan fingerprint density at radius 3 is 2.26 bits per heavy atom. The highest BCUT2D eigenvalue weighted by molar-refractivity contribution is 7.22. The zero-order chi connectivity index (χ0) is 25.7. The van der Waals surface area contributed by atoms with Crippen LogP contribution in [0.1, 0.15) is 112 Å². The number of fused-ring (bicyclic) bond motifs is 1. The van der Waals surface area contributed by atoms with Gasteiger partial charge in [0.2, 0.25) is 0 Å². The lowest BCUT2D eigenvalue weighted by molar-refractivity contribution is -0.210. The molecule has 5 nitrogen and oxygen atoms in total. The van der Waals surface area contributed by atoms with E-state index >= 15 is 0 Å². The van der Waals surface area contributed by atoms with Gasteiger partial charge in [-0.1, -0.05) is 104 Å². The molecule has 1 aromatic carbocycles. The minimum absolute atomic E-state index is 0.340. The van der Waals surface area contributed by atoms with Crippen LogP contribution in [-0.2, 0) is 0 Å². The van der Waals surface area contributed by atoms with Crippen molar-refractivity contribution in [1.82, 2.24) is 4.98 Å². The largest absolute Gasteiger partial charge is 0.491 e. The van der Waals surface area contributed by atoms with Crippen LogP contribution in [-0.4, -0.2) is 25.2 Å². The maximum Gasteiger partial charge on any atom is 0.186 e. The van der Waals surface area contributed by atoms with Crippen LogP contribution in [0.25, 0.3) is 10.2 Å². The zero-order valence-electron chi connectivity index (χ0n) is 23.4. The number of unbranched alkanes of at least 4 members (excludes halogenated alkanes) is 9. The summed E-state index contributed by atoms with van der Waals surface area (Å²) in [4.78, 5) is 7.17. The molecular weight excluding hydrogens is 452 g/mol. The predicted octanol–water partition coefficient (Wildman–Crippen LogP) is 8.34. The summed E-state index contributed by atoms with van der Waals surface area (Å²) in [7, 11) is 2.15. The van der Waals surface area contributed by atoms with Gasteiger partial charge in [0.05, 0.1) is 16.8 Å². The van der Waals surface area contributed by atoms with Crippen molar-refractivity contribution < 1.29 is 10.3 Å². The number of anilines is 1. The molecule has 0 fully saturated rings. The molecule has 2 aromatic rings. The Bertz CT molecular complexity index is 873. The third-order valence-corrected chi connectivity index (χ3v) is 7.73. The van der Waals surface area contributed by atoms with Crippen LogP contribution in [0.3, 0.4) is 0 Å². The van der Waals surface area contributed by atoms with Crippen molar-refractivity contribution in [3.8, 4) is 5.75 Å². The van der Waals surface area contributed by atoms with Gasteiger partial charge < -0.3 is 9.64 Å². The van der Waals surface area contributed by atoms with Gasteiger partial charge in [0.25, 0.3) is 0 Å². The average Bonchev–Trinajstić information content (AvgIpc) is 3.21. The van der Waals surface area contributed by atoms with Crippen molar-refractivity contribution in [2.24, 2.45) is 16.4 Å². The molecule has 0 saturated carbocycles. The first-order valence-electron chi connectivity index (χ1n) is 13.9. The summed E-state index contributed by atoms with van der Waals surface area (Å²) in [5.41, 5.74) is 7.69. The highest BCUT2D eigenvalue weighted by Gasteiger charge is 2.17. The van der Waals surface area contributed by atoms with Crippen LogP contribution in [0.4, 0.5) is 10.8 Å². The summed E-state index contributed by atoms with van der Waals surface area (Å²) in [6, 6.07) is 4.02. The molecule has 0 saturated heterocycles. The molecule has 1 heterocycles. The fourth-order valence-electron chi connectivity index (χ4n) is 4.76. The molecule has 1 atom stereocenters. The lowest BCUT2D eigenvalue weighted by atomic mass is 9.84. The molecule has 35 heavy (non-hydrogen) atoms. The van der Waals surface area contributed by atoms with Crippen molar-refractivity contribution in [3.05, 3.63) is 12.1 Å². The zero-order valence-corrected chi connectivity index (χ0v) is 24.2. The van der Waals surface area contributed by atoms with Gasteiger partial charge in [-0.2, -0.15) is 5.53 Å². The SMILES string of the molecule is CCCCCCCCCCCCN(C)c1nc2cc(OCCC(C)CC(C)(C)C)c(N=[NH2+])cc2s1. The van der Waals surface area contributed by atoms with Gasteiger partial charge in [0.1, 0.15) is 0 Å². The van der Waals surface area contributed by atoms with Crippen LogP contribution < -0.4 is 15.2 Å². The summed E-state index contributed by atoms with van der Waals surface area (Å²) in [5.74, 6) is 1.35. The van der Waals surface area contributed by atoms with Crippen LogP contribution in [0.2, 0.25) is 0 Å². The van der Waals surface area contributed by atoms with E-state index in [2.05, 4.69) is 51.7 Å². The molecule has 198 valence electrons. The molecule has 0 aliphatic rings. The van der Waals surface area contributed by atoms with E-state index in [1.165, 1.54) is 70.6 Å². The van der Waals surface area contributed by atoms with E-state index in [9.17, 15) is 0 Å². The number of nitrogens with zero attached hydrogens (tertiary/aromatic N) is 3. The fraction of sp³-hybridized carbons (Fsp3) is 0.759. The second-order valence-electron chi connectivity index (χ2n) is 11.5. The van der Waals surface area contributed by atoms with E-state index < -0.39 is 0 Å². The second-order valence-corrected chi connectivity index (χ2v) is 12.5. The smallest absolute Gasteiger partial charge is 0.186 e. The van der Waals surface area contributed by atoms with Gasteiger partial charge in [-0.3, -0.25) is 0 Å². The predicted molar refractivity (Wildman–Crippen MR) is 152 cm³/mol. The van der Waals surface area contributed by atoms with E-state index in [4.69, 9.17) is 15.3 Å². The molecule has 2 rings (SSSR count). The van der Waals surface area contributed by atoms with Crippen molar-refractivity contribution in [2.75, 3.05) is 25.1 Å². The molecule has 0 radical (unpaired) electrons. The summed E-state index contributed by atoms with van der Waals surface area (Å²) >= 11 is 1.70. The van der Waals surface area contributed by atoms with Crippen molar-refractivity contribution in [1.29, 1.82) is 0 Å². The molecule has 0 spiro atoms. The minimum atomic E-state index is 0.340. The Hall–Kier alpha value is -1.69. The van der Waals surface area contributed by atoms with Gasteiger partial charge in [-0.05, 0) is 41.8 Å². The summed E-state index contributed by atoms with van der Waals surface area (Å²) in [5, 5.41) is 5.03. The molecule has 0 amide bonds. The molecule has 1 unspecified atom stereocenters. The van der Waals surface area contributed by atoms with E-state index in [-0.39, 0.29) is 0 Å². The van der Waals surface area contributed by atoms with E-state index in [1.54, 1.807) is 11.3 Å². The maximum atomic E-state index is 6.11. The van der Waals surface area contributed by atoms with Crippen molar-refractivity contribution in [2.45, 2.75) is 112 Å². The maximum absolute atomic E-state index is 6.11. The van der Waals surface area contributed by atoms with Crippen LogP contribution in [0.5, 0.6) is 5.75 Å². The van der Waals surface area contributed by atoms with Crippen LogP contribution in [0.15, 0.2) is 17.2 Å². The number of thiazole rings is 1. The van der Waals surface area contributed by atoms with Gasteiger partial charge in [0, 0.05) is 19.7 Å².